The summed E-state index contributed by atoms with van der Waals surface area (Å²) in [6.45, 7) is 12.7. The van der Waals surface area contributed by atoms with Gasteiger partial charge in [0, 0.05) is 22.9 Å². The lowest BCUT2D eigenvalue weighted by Crippen LogP contribution is -2.24. The second kappa shape index (κ2) is 13.3. The molecule has 0 aliphatic heterocycles. The molecule has 4 aromatic carbocycles. The van der Waals surface area contributed by atoms with Gasteiger partial charge in [-0.25, -0.2) is 0 Å². The summed E-state index contributed by atoms with van der Waals surface area (Å²) < 4.78 is 31.6. The number of rotatable bonds is 6. The first-order valence-electron chi connectivity index (χ1n) is 13.8. The lowest BCUT2D eigenvalue weighted by molar-refractivity contribution is 0.0980. The number of hydrogen-bond acceptors (Lipinski definition) is 8. The topological polar surface area (TPSA) is 133 Å². The van der Waals surface area contributed by atoms with Crippen LogP contribution in [-0.2, 0) is 16.0 Å². The van der Waals surface area contributed by atoms with Crippen LogP contribution in [-0.4, -0.2) is 24.2 Å². The fourth-order valence-electron chi connectivity index (χ4n) is 5.29. The molecular weight excluding hydrogens is 576 g/mol. The van der Waals surface area contributed by atoms with E-state index in [4.69, 9.17) is 23.1 Å². The van der Waals surface area contributed by atoms with Crippen molar-refractivity contribution in [2.75, 3.05) is 11.1 Å². The second-order valence-corrected chi connectivity index (χ2v) is 11.7. The lowest BCUT2D eigenvalue weighted by Gasteiger charge is -2.25. The third-order valence-electron chi connectivity index (χ3n) is 7.88. The zero-order chi connectivity index (χ0) is 31.6. The maximum Gasteiger partial charge on any atom is 0.425 e. The lowest BCUT2D eigenvalue weighted by atomic mass is 9.82. The van der Waals surface area contributed by atoms with Gasteiger partial charge >= 0.3 is 10.6 Å². The van der Waals surface area contributed by atoms with Gasteiger partial charge in [-0.1, -0.05) is 82.3 Å². The summed E-state index contributed by atoms with van der Waals surface area (Å²) in [6.07, 6.45) is 1.01. The molecule has 44 heavy (non-hydrogen) atoms. The smallest absolute Gasteiger partial charge is 0.425 e. The van der Waals surface area contributed by atoms with Crippen LogP contribution in [0, 0.1) is 20.8 Å². The van der Waals surface area contributed by atoms with Gasteiger partial charge in [0.15, 0.2) is 17.3 Å². The first kappa shape index (κ1) is 33.7. The van der Waals surface area contributed by atoms with Crippen molar-refractivity contribution in [1.82, 2.24) is 0 Å². The van der Waals surface area contributed by atoms with Gasteiger partial charge in [0.1, 0.15) is 5.75 Å². The Kier molecular flexibility index (Phi) is 10.2. The van der Waals surface area contributed by atoms with E-state index in [9.17, 15) is 9.59 Å². The number of anilines is 3. The maximum atomic E-state index is 13.8. The van der Waals surface area contributed by atoms with Crippen LogP contribution in [0.25, 0.3) is 0 Å². The van der Waals surface area contributed by atoms with E-state index in [1.807, 2.05) is 32.9 Å². The van der Waals surface area contributed by atoms with E-state index < -0.39 is 10.6 Å². The first-order valence-corrected chi connectivity index (χ1v) is 14.8. The van der Waals surface area contributed by atoms with E-state index in [0.717, 1.165) is 28.8 Å². The van der Waals surface area contributed by atoms with Crippen molar-refractivity contribution in [3.05, 3.63) is 111 Å². The van der Waals surface area contributed by atoms with E-state index in [-0.39, 0.29) is 41.2 Å². The molecule has 5 rings (SSSR count). The SMILES string of the molecule is C.CCC(C)(C)c1ccc(Oc2cc(Nc3c(C)cc(C)cc3C)c3c(c2N)C(=O)c2ccccc2C3=O)cc1.O=S(=O)=O. The van der Waals surface area contributed by atoms with Crippen molar-refractivity contribution in [2.24, 2.45) is 0 Å². The summed E-state index contributed by atoms with van der Waals surface area (Å²) in [5.74, 6) is 0.390. The Balaban J connectivity index is 0.000000998. The monoisotopic (exact) mass is 614 g/mol. The molecule has 9 heteroatoms. The molecular formula is C35H38N2O6S. The minimum atomic E-state index is -3.11. The summed E-state index contributed by atoms with van der Waals surface area (Å²) in [5, 5.41) is 3.46. The summed E-state index contributed by atoms with van der Waals surface area (Å²) in [4.78, 5) is 27.5. The highest BCUT2D eigenvalue weighted by Crippen LogP contribution is 2.43. The van der Waals surface area contributed by atoms with Gasteiger partial charge in [-0.15, -0.1) is 12.6 Å². The van der Waals surface area contributed by atoms with E-state index in [1.54, 1.807) is 30.3 Å². The quantitative estimate of drug-likeness (QED) is 0.185. The highest BCUT2D eigenvalue weighted by atomic mass is 32.2. The molecule has 3 N–H and O–H groups in total. The highest BCUT2D eigenvalue weighted by molar-refractivity contribution is 7.59. The number of nitrogens with two attached hydrogens (primary N) is 1. The standard InChI is InChI=1S/C34H34N2O3.CH4.O3S/c1-7-34(5,6)22-12-14-23(15-13-22)39-27-18-26(36-31-20(3)16-19(2)17-21(31)4)28-29(30(27)35)33(38)25-11-9-8-10-24(25)32(28)37;;1-4(2)3/h8-18,36H,7,35H2,1-6H3;1H4;. The van der Waals surface area contributed by atoms with Crippen molar-refractivity contribution < 1.29 is 27.0 Å². The average Bonchev–Trinajstić information content (AvgIpc) is 2.95. The highest BCUT2D eigenvalue weighted by Gasteiger charge is 2.35. The van der Waals surface area contributed by atoms with Gasteiger partial charge in [0.05, 0.1) is 22.5 Å². The average molecular weight is 615 g/mol. The fraction of sp³-hybridized carbons (Fsp3) is 0.257. The molecule has 0 saturated carbocycles. The summed E-state index contributed by atoms with van der Waals surface area (Å²) in [5.41, 5.74) is 13.7. The van der Waals surface area contributed by atoms with Crippen molar-refractivity contribution >= 4 is 39.2 Å². The number of ether oxygens (including phenoxy) is 1. The minimum absolute atomic E-state index is 0. The Morgan fingerprint density at radius 1 is 0.818 bits per heavy atom. The number of nitrogen functional groups attached to an aromatic ring is 1. The normalized spacial score (nSPS) is 11.8. The Morgan fingerprint density at radius 3 is 1.82 bits per heavy atom. The van der Waals surface area contributed by atoms with Crippen LogP contribution in [0.2, 0.25) is 0 Å². The van der Waals surface area contributed by atoms with E-state index in [0.29, 0.717) is 28.3 Å². The Labute approximate surface area is 260 Å². The molecule has 0 fully saturated rings. The van der Waals surface area contributed by atoms with Gasteiger partial charge in [-0.2, -0.15) is 0 Å². The predicted molar refractivity (Wildman–Crippen MR) is 174 cm³/mol. The molecule has 0 heterocycles. The molecule has 1 aliphatic carbocycles. The van der Waals surface area contributed by atoms with Crippen LogP contribution in [0.4, 0.5) is 17.1 Å². The van der Waals surface area contributed by atoms with E-state index >= 15 is 0 Å². The Hall–Kier alpha value is -4.76. The summed E-state index contributed by atoms with van der Waals surface area (Å²) in [6, 6.07) is 20.7. The molecule has 0 unspecified atom stereocenters. The molecule has 0 radical (unpaired) electrons. The molecule has 0 atom stereocenters. The number of aryl methyl sites for hydroxylation is 3. The molecule has 0 spiro atoms. The summed E-state index contributed by atoms with van der Waals surface area (Å²) in [7, 11) is -3.11. The first-order chi connectivity index (χ1) is 20.2. The molecule has 8 nitrogen and oxygen atoms in total. The molecule has 1 aliphatic rings. The van der Waals surface area contributed by atoms with Gasteiger partial charge in [0.25, 0.3) is 0 Å². The zero-order valence-corrected chi connectivity index (χ0v) is 25.8. The van der Waals surface area contributed by atoms with Crippen LogP contribution in [0.1, 0.15) is 88.7 Å². The summed E-state index contributed by atoms with van der Waals surface area (Å²) >= 11 is 0. The van der Waals surface area contributed by atoms with Crippen molar-refractivity contribution in [3.8, 4) is 11.5 Å². The van der Waals surface area contributed by atoms with Crippen molar-refractivity contribution in [1.29, 1.82) is 0 Å². The molecule has 230 valence electrons. The maximum absolute atomic E-state index is 13.8. The molecule has 0 bridgehead atoms. The third kappa shape index (κ3) is 6.73. The molecule has 0 aromatic heterocycles. The number of ketones is 2. The molecule has 0 amide bonds. The number of nitrogens with one attached hydrogen (secondary N) is 1. The van der Waals surface area contributed by atoms with Crippen LogP contribution in [0.3, 0.4) is 0 Å². The van der Waals surface area contributed by atoms with Crippen LogP contribution < -0.4 is 15.8 Å². The van der Waals surface area contributed by atoms with Crippen LogP contribution in [0.5, 0.6) is 11.5 Å². The third-order valence-corrected chi connectivity index (χ3v) is 7.88. The van der Waals surface area contributed by atoms with Gasteiger partial charge in [-0.05, 0) is 61.4 Å². The van der Waals surface area contributed by atoms with Gasteiger partial charge in [-0.3, -0.25) is 9.59 Å². The van der Waals surface area contributed by atoms with Crippen molar-refractivity contribution in [2.45, 2.75) is 60.8 Å². The predicted octanol–water partition coefficient (Wildman–Crippen LogP) is 7.82. The van der Waals surface area contributed by atoms with Gasteiger partial charge in [0.2, 0.25) is 0 Å². The zero-order valence-electron chi connectivity index (χ0n) is 25.0. The Bertz CT molecular complexity index is 1830. The molecule has 0 saturated heterocycles. The van der Waals surface area contributed by atoms with Crippen LogP contribution >= 0.6 is 0 Å². The van der Waals surface area contributed by atoms with Gasteiger partial charge < -0.3 is 15.8 Å². The fourth-order valence-corrected chi connectivity index (χ4v) is 5.29. The second-order valence-electron chi connectivity index (χ2n) is 11.3. The minimum Gasteiger partial charge on any atom is -0.455 e. The molecule has 4 aromatic rings. The Morgan fingerprint density at radius 2 is 1.32 bits per heavy atom. The number of carbonyl (C=O) groups excluding carboxylic acids is 2. The largest absolute Gasteiger partial charge is 0.455 e. The number of carbonyl (C=O) groups is 2. The van der Waals surface area contributed by atoms with Crippen molar-refractivity contribution in [3.63, 3.8) is 0 Å². The number of benzene rings is 4. The number of hydrogen-bond donors (Lipinski definition) is 2. The van der Waals surface area contributed by atoms with E-state index in [2.05, 4.69) is 50.4 Å². The van der Waals surface area contributed by atoms with E-state index in [1.165, 1.54) is 5.56 Å². The number of fused-ring (bicyclic) bond motifs is 2. The van der Waals surface area contributed by atoms with Crippen LogP contribution in [0.15, 0.2) is 66.7 Å².